The predicted octanol–water partition coefficient (Wildman–Crippen LogP) is 1.68. The van der Waals surface area contributed by atoms with Crippen molar-refractivity contribution in [1.29, 1.82) is 0 Å². The Morgan fingerprint density at radius 2 is 1.78 bits per heavy atom. The second-order valence-corrected chi connectivity index (χ2v) is 3.51. The van der Waals surface area contributed by atoms with Gasteiger partial charge in [-0.3, -0.25) is 0 Å². The Kier molecular flexibility index (Phi) is 8.34. The third-order valence-corrected chi connectivity index (χ3v) is 2.23. The van der Waals surface area contributed by atoms with Crippen LogP contribution in [0.5, 0.6) is 0 Å². The molecule has 2 radical (unpaired) electrons. The average molecular weight is 143 g/mol. The van der Waals surface area contributed by atoms with Gasteiger partial charge in [-0.05, 0) is 13.0 Å². The van der Waals surface area contributed by atoms with E-state index in [0.29, 0.717) is 0 Å². The molecule has 0 unspecified atom stereocenters. The first kappa shape index (κ1) is 9.18. The number of rotatable bonds is 6. The molecule has 9 heavy (non-hydrogen) atoms. The van der Waals surface area contributed by atoms with Crippen LogP contribution in [0, 0.1) is 0 Å². The Hall–Kier alpha value is 0.177. The van der Waals surface area contributed by atoms with Gasteiger partial charge in [-0.2, -0.15) is 0 Å². The number of nitrogens with two attached hydrogens (primary N) is 1. The van der Waals surface area contributed by atoms with Crippen molar-refractivity contribution in [2.24, 2.45) is 5.73 Å². The lowest BCUT2D eigenvalue weighted by Crippen LogP contribution is -1.97. The van der Waals surface area contributed by atoms with E-state index in [1.165, 1.54) is 31.7 Å². The molecule has 0 heterocycles. The van der Waals surface area contributed by atoms with Crippen LogP contribution in [0.15, 0.2) is 0 Å². The van der Waals surface area contributed by atoms with E-state index < -0.39 is 0 Å². The third kappa shape index (κ3) is 8.18. The van der Waals surface area contributed by atoms with Gasteiger partial charge in [0.15, 0.2) is 0 Å². The summed E-state index contributed by atoms with van der Waals surface area (Å²) >= 11 is 0. The molecule has 0 aromatic heterocycles. The van der Waals surface area contributed by atoms with Crippen LogP contribution in [0.25, 0.3) is 0 Å². The largest absolute Gasteiger partial charge is 0.330 e. The van der Waals surface area contributed by atoms with Crippen LogP contribution in [-0.2, 0) is 0 Å². The fourth-order valence-electron chi connectivity index (χ4n) is 0.800. The molecule has 0 amide bonds. The molecule has 2 N–H and O–H groups in total. The molecule has 0 rings (SSSR count). The van der Waals surface area contributed by atoms with Crippen molar-refractivity contribution in [2.45, 2.75) is 38.3 Å². The molecule has 0 aromatic carbocycles. The normalized spacial score (nSPS) is 10.0. The molecular formula is C7H17NSi. The fourth-order valence-corrected chi connectivity index (χ4v) is 1.40. The van der Waals surface area contributed by atoms with Crippen LogP contribution in [-0.4, -0.2) is 16.1 Å². The minimum Gasteiger partial charge on any atom is -0.330 e. The first-order valence-electron chi connectivity index (χ1n) is 3.76. The summed E-state index contributed by atoms with van der Waals surface area (Å²) in [5.41, 5.74) is 5.34. The van der Waals surface area contributed by atoms with Gasteiger partial charge in [-0.25, -0.2) is 0 Å². The zero-order valence-corrected chi connectivity index (χ0v) is 7.32. The van der Waals surface area contributed by atoms with Crippen molar-refractivity contribution in [3.05, 3.63) is 0 Å². The van der Waals surface area contributed by atoms with Gasteiger partial charge >= 0.3 is 0 Å². The second-order valence-electron chi connectivity index (χ2n) is 2.31. The van der Waals surface area contributed by atoms with Crippen molar-refractivity contribution in [3.8, 4) is 0 Å². The van der Waals surface area contributed by atoms with Gasteiger partial charge in [-0.15, -0.1) is 0 Å². The Balaban J connectivity index is 2.60. The summed E-state index contributed by atoms with van der Waals surface area (Å²) in [5, 5.41) is 0. The first-order chi connectivity index (χ1) is 4.41. The quantitative estimate of drug-likeness (QED) is 0.444. The summed E-state index contributed by atoms with van der Waals surface area (Å²) in [7, 11) is 1.14. The zero-order valence-electron chi connectivity index (χ0n) is 6.32. The highest BCUT2D eigenvalue weighted by Gasteiger charge is 1.86. The summed E-state index contributed by atoms with van der Waals surface area (Å²) in [6.45, 7) is 3.14. The molecule has 0 bridgehead atoms. The lowest BCUT2D eigenvalue weighted by Gasteiger charge is -1.95. The van der Waals surface area contributed by atoms with Crippen LogP contribution in [0.2, 0.25) is 12.6 Å². The summed E-state index contributed by atoms with van der Waals surface area (Å²) in [4.78, 5) is 0. The summed E-state index contributed by atoms with van der Waals surface area (Å²) in [6.07, 6.45) is 5.35. The Bertz CT molecular complexity index is 42.2. The van der Waals surface area contributed by atoms with Gasteiger partial charge < -0.3 is 5.73 Å². The smallest absolute Gasteiger partial charge is 0.0342 e. The second kappa shape index (κ2) is 8.18. The van der Waals surface area contributed by atoms with Crippen LogP contribution >= 0.6 is 0 Å². The average Bonchev–Trinajstić information content (AvgIpc) is 1.89. The lowest BCUT2D eigenvalue weighted by molar-refractivity contribution is 0.673. The van der Waals surface area contributed by atoms with Crippen LogP contribution in [0.3, 0.4) is 0 Å². The van der Waals surface area contributed by atoms with E-state index in [9.17, 15) is 0 Å². The fraction of sp³-hybridized carbons (Fsp3) is 1.00. The van der Waals surface area contributed by atoms with E-state index in [1.807, 2.05) is 0 Å². The first-order valence-corrected chi connectivity index (χ1v) is 5.47. The zero-order chi connectivity index (χ0) is 6.95. The SMILES string of the molecule is C[Si]CCCCCCN. The Morgan fingerprint density at radius 3 is 2.33 bits per heavy atom. The van der Waals surface area contributed by atoms with E-state index >= 15 is 0 Å². The topological polar surface area (TPSA) is 26.0 Å². The molecule has 0 aliphatic rings. The van der Waals surface area contributed by atoms with Gasteiger partial charge in [0.05, 0.1) is 0 Å². The van der Waals surface area contributed by atoms with E-state index in [0.717, 1.165) is 16.1 Å². The van der Waals surface area contributed by atoms with Crippen molar-refractivity contribution in [2.75, 3.05) is 6.54 Å². The molecule has 0 spiro atoms. The van der Waals surface area contributed by atoms with Crippen LogP contribution in [0.4, 0.5) is 0 Å². The molecule has 0 atom stereocenters. The van der Waals surface area contributed by atoms with E-state index in [1.54, 1.807) is 0 Å². The molecule has 0 aromatic rings. The van der Waals surface area contributed by atoms with Crippen molar-refractivity contribution in [1.82, 2.24) is 0 Å². The molecule has 0 aliphatic heterocycles. The number of unbranched alkanes of at least 4 members (excludes halogenated alkanes) is 3. The highest BCUT2D eigenvalue weighted by molar-refractivity contribution is 6.33. The maximum absolute atomic E-state index is 5.34. The molecular weight excluding hydrogens is 126 g/mol. The van der Waals surface area contributed by atoms with E-state index in [-0.39, 0.29) is 0 Å². The highest BCUT2D eigenvalue weighted by Crippen LogP contribution is 2.01. The Labute approximate surface area is 60.8 Å². The standard InChI is InChI=1S/C7H17NSi/c1-9-7-5-3-2-4-6-8/h2-8H2,1H3. The van der Waals surface area contributed by atoms with Gasteiger partial charge in [0.1, 0.15) is 0 Å². The Morgan fingerprint density at radius 1 is 1.11 bits per heavy atom. The van der Waals surface area contributed by atoms with Crippen molar-refractivity contribution >= 4 is 9.52 Å². The highest BCUT2D eigenvalue weighted by atomic mass is 28.2. The summed E-state index contributed by atoms with van der Waals surface area (Å²) in [5.74, 6) is 0. The van der Waals surface area contributed by atoms with Gasteiger partial charge in [0.25, 0.3) is 0 Å². The van der Waals surface area contributed by atoms with Crippen molar-refractivity contribution < 1.29 is 0 Å². The predicted molar refractivity (Wildman–Crippen MR) is 43.9 cm³/mol. The molecule has 1 nitrogen and oxygen atoms in total. The summed E-state index contributed by atoms with van der Waals surface area (Å²) in [6, 6.07) is 1.42. The molecule has 0 saturated heterocycles. The molecule has 0 fully saturated rings. The van der Waals surface area contributed by atoms with E-state index in [4.69, 9.17) is 5.73 Å². The van der Waals surface area contributed by atoms with Gasteiger partial charge in [0.2, 0.25) is 0 Å². The maximum Gasteiger partial charge on any atom is 0.0342 e. The third-order valence-electron chi connectivity index (χ3n) is 1.38. The van der Waals surface area contributed by atoms with Crippen molar-refractivity contribution in [3.63, 3.8) is 0 Å². The monoisotopic (exact) mass is 143 g/mol. The van der Waals surface area contributed by atoms with Gasteiger partial charge in [-0.1, -0.05) is 31.9 Å². The van der Waals surface area contributed by atoms with Gasteiger partial charge in [0, 0.05) is 9.52 Å². The molecule has 0 aliphatic carbocycles. The lowest BCUT2D eigenvalue weighted by atomic mass is 10.2. The number of hydrogen-bond acceptors (Lipinski definition) is 1. The van der Waals surface area contributed by atoms with Crippen LogP contribution in [0.1, 0.15) is 25.7 Å². The molecule has 2 heteroatoms. The minimum absolute atomic E-state index is 0.869. The van der Waals surface area contributed by atoms with Crippen LogP contribution < -0.4 is 5.73 Å². The maximum atomic E-state index is 5.34. The molecule has 54 valence electrons. The molecule has 0 saturated carbocycles. The number of hydrogen-bond donors (Lipinski definition) is 1. The minimum atomic E-state index is 0.869. The van der Waals surface area contributed by atoms with E-state index in [2.05, 4.69) is 6.55 Å². The summed E-state index contributed by atoms with van der Waals surface area (Å²) < 4.78 is 0.